The highest BCUT2D eigenvalue weighted by Gasteiger charge is 2.16. The third-order valence-corrected chi connectivity index (χ3v) is 2.44. The van der Waals surface area contributed by atoms with Crippen LogP contribution in [0.3, 0.4) is 0 Å². The minimum atomic E-state index is -0.864. The molecule has 0 aliphatic rings. The lowest BCUT2D eigenvalue weighted by Crippen LogP contribution is -2.40. The molecule has 1 atom stereocenters. The van der Waals surface area contributed by atoms with E-state index in [2.05, 4.69) is 10.6 Å². The Balaban J connectivity index is 2.50. The van der Waals surface area contributed by atoms with E-state index in [0.29, 0.717) is 0 Å². The zero-order valence-electron chi connectivity index (χ0n) is 11.2. The van der Waals surface area contributed by atoms with Gasteiger partial charge in [0.1, 0.15) is 23.4 Å². The fourth-order valence-electron chi connectivity index (χ4n) is 1.40. The Morgan fingerprint density at radius 3 is 2.45 bits per heavy atom. The van der Waals surface area contributed by atoms with Crippen molar-refractivity contribution in [2.24, 2.45) is 0 Å². The predicted octanol–water partition coefficient (Wildman–Crippen LogP) is 1.44. The molecule has 1 aromatic carbocycles. The first kappa shape index (κ1) is 16.0. The number of anilines is 1. The Morgan fingerprint density at radius 2 is 1.90 bits per heavy atom. The van der Waals surface area contributed by atoms with Gasteiger partial charge >= 0.3 is 5.97 Å². The molecule has 20 heavy (non-hydrogen) atoms. The molecular formula is C13H16F2N2O3. The summed E-state index contributed by atoms with van der Waals surface area (Å²) in [5.74, 6) is -2.89. The normalized spacial score (nSPS) is 11.8. The molecule has 0 aliphatic heterocycles. The molecule has 0 aliphatic carbocycles. The van der Waals surface area contributed by atoms with E-state index in [4.69, 9.17) is 4.74 Å². The van der Waals surface area contributed by atoms with Crippen LogP contribution in [0, 0.1) is 11.6 Å². The summed E-state index contributed by atoms with van der Waals surface area (Å²) < 4.78 is 31.3. The van der Waals surface area contributed by atoms with Crippen LogP contribution >= 0.6 is 0 Å². The van der Waals surface area contributed by atoms with Crippen molar-refractivity contribution in [2.45, 2.75) is 19.9 Å². The minimum absolute atomic E-state index is 0.234. The molecule has 2 N–H and O–H groups in total. The Hall–Kier alpha value is -2.02. The van der Waals surface area contributed by atoms with Crippen molar-refractivity contribution in [1.29, 1.82) is 0 Å². The molecule has 0 bridgehead atoms. The van der Waals surface area contributed by atoms with Crippen molar-refractivity contribution in [1.82, 2.24) is 5.32 Å². The maximum atomic E-state index is 13.3. The molecule has 0 aromatic heterocycles. The molecule has 0 radical (unpaired) electrons. The fraction of sp³-hybridized carbons (Fsp3) is 0.385. The van der Waals surface area contributed by atoms with Gasteiger partial charge in [-0.25, -0.2) is 8.78 Å². The van der Waals surface area contributed by atoms with Crippen molar-refractivity contribution >= 4 is 17.6 Å². The molecule has 0 saturated heterocycles. The number of hydrogen-bond donors (Lipinski definition) is 2. The first-order chi connectivity index (χ1) is 9.45. The van der Waals surface area contributed by atoms with E-state index in [1.165, 1.54) is 13.0 Å². The molecule has 0 spiro atoms. The van der Waals surface area contributed by atoms with Gasteiger partial charge in [-0.05, 0) is 26.0 Å². The van der Waals surface area contributed by atoms with E-state index in [1.807, 2.05) is 0 Å². The van der Waals surface area contributed by atoms with Gasteiger partial charge in [-0.3, -0.25) is 14.9 Å². The van der Waals surface area contributed by atoms with Crippen LogP contribution < -0.4 is 10.6 Å². The Bertz CT molecular complexity index is 474. The van der Waals surface area contributed by atoms with Gasteiger partial charge < -0.3 is 10.1 Å². The number of rotatable bonds is 6. The summed E-state index contributed by atoms with van der Waals surface area (Å²) in [7, 11) is 0. The van der Waals surface area contributed by atoms with Gasteiger partial charge in [0.2, 0.25) is 5.91 Å². The maximum Gasteiger partial charge on any atom is 0.322 e. The van der Waals surface area contributed by atoms with Crippen molar-refractivity contribution in [3.8, 4) is 0 Å². The number of halogens is 2. The summed E-state index contributed by atoms with van der Waals surface area (Å²) >= 11 is 0. The Morgan fingerprint density at radius 1 is 1.30 bits per heavy atom. The number of nitrogens with one attached hydrogen (secondary N) is 2. The molecule has 1 rings (SSSR count). The van der Waals surface area contributed by atoms with Crippen LogP contribution in [0.2, 0.25) is 0 Å². The molecule has 110 valence electrons. The smallest absolute Gasteiger partial charge is 0.322 e. The van der Waals surface area contributed by atoms with E-state index in [-0.39, 0.29) is 13.2 Å². The van der Waals surface area contributed by atoms with E-state index < -0.39 is 35.2 Å². The lowest BCUT2D eigenvalue weighted by molar-refractivity contribution is -0.145. The summed E-state index contributed by atoms with van der Waals surface area (Å²) in [5, 5.41) is 4.70. The topological polar surface area (TPSA) is 67.4 Å². The molecule has 0 fully saturated rings. The van der Waals surface area contributed by atoms with E-state index in [0.717, 1.165) is 12.1 Å². The number of esters is 1. The van der Waals surface area contributed by atoms with Crippen LogP contribution in [0.5, 0.6) is 0 Å². The van der Waals surface area contributed by atoms with E-state index >= 15 is 0 Å². The van der Waals surface area contributed by atoms with Crippen molar-refractivity contribution in [2.75, 3.05) is 18.5 Å². The third kappa shape index (κ3) is 4.58. The standard InChI is InChI=1S/C13H16F2N2O3/c1-3-20-13(19)8(2)16-7-11(18)17-12-9(14)5-4-6-10(12)15/h4-6,8,16H,3,7H2,1-2H3,(H,17,18). The van der Waals surface area contributed by atoms with Crippen LogP contribution in [0.1, 0.15) is 13.8 Å². The number of carbonyl (C=O) groups is 2. The van der Waals surface area contributed by atoms with Gasteiger partial charge in [-0.15, -0.1) is 0 Å². The summed E-state index contributed by atoms with van der Waals surface area (Å²) in [6, 6.07) is 2.58. The first-order valence-corrected chi connectivity index (χ1v) is 6.09. The molecule has 7 heteroatoms. The number of amides is 1. The molecule has 0 heterocycles. The number of hydrogen-bond acceptors (Lipinski definition) is 4. The van der Waals surface area contributed by atoms with E-state index in [9.17, 15) is 18.4 Å². The highest BCUT2D eigenvalue weighted by molar-refractivity contribution is 5.92. The molecule has 1 unspecified atom stereocenters. The largest absolute Gasteiger partial charge is 0.465 e. The van der Waals surface area contributed by atoms with E-state index in [1.54, 1.807) is 6.92 Å². The Kier molecular flexibility index (Phi) is 6.05. The quantitative estimate of drug-likeness (QED) is 0.777. The molecule has 0 saturated carbocycles. The molecule has 5 nitrogen and oxygen atoms in total. The van der Waals surface area contributed by atoms with Crippen molar-refractivity contribution in [3.63, 3.8) is 0 Å². The number of ether oxygens (including phenoxy) is 1. The van der Waals surface area contributed by atoms with Gasteiger partial charge in [0, 0.05) is 0 Å². The molecule has 1 amide bonds. The average Bonchev–Trinajstić information content (AvgIpc) is 2.40. The summed E-state index contributed by atoms with van der Waals surface area (Å²) in [4.78, 5) is 22.8. The monoisotopic (exact) mass is 286 g/mol. The summed E-state index contributed by atoms with van der Waals surface area (Å²) in [5.41, 5.74) is -0.511. The van der Waals surface area contributed by atoms with Crippen molar-refractivity contribution in [3.05, 3.63) is 29.8 Å². The van der Waals surface area contributed by atoms with Crippen LogP contribution in [0.25, 0.3) is 0 Å². The van der Waals surface area contributed by atoms with Gasteiger partial charge in [-0.1, -0.05) is 6.07 Å². The number of carbonyl (C=O) groups excluding carboxylic acids is 2. The minimum Gasteiger partial charge on any atom is -0.465 e. The lowest BCUT2D eigenvalue weighted by Gasteiger charge is -2.13. The second-order valence-corrected chi connectivity index (χ2v) is 4.00. The van der Waals surface area contributed by atoms with Gasteiger partial charge in [0.15, 0.2) is 0 Å². The van der Waals surface area contributed by atoms with Crippen LogP contribution in [0.15, 0.2) is 18.2 Å². The second kappa shape index (κ2) is 7.54. The zero-order chi connectivity index (χ0) is 15.1. The van der Waals surface area contributed by atoms with Crippen LogP contribution in [0.4, 0.5) is 14.5 Å². The van der Waals surface area contributed by atoms with Gasteiger partial charge in [-0.2, -0.15) is 0 Å². The predicted molar refractivity (Wildman–Crippen MR) is 69.1 cm³/mol. The second-order valence-electron chi connectivity index (χ2n) is 4.00. The zero-order valence-corrected chi connectivity index (χ0v) is 11.2. The van der Waals surface area contributed by atoms with Gasteiger partial charge in [0.05, 0.1) is 13.2 Å². The molecular weight excluding hydrogens is 270 g/mol. The fourth-order valence-corrected chi connectivity index (χ4v) is 1.40. The third-order valence-electron chi connectivity index (χ3n) is 2.44. The SMILES string of the molecule is CCOC(=O)C(C)NCC(=O)Nc1c(F)cccc1F. The van der Waals surface area contributed by atoms with Crippen LogP contribution in [-0.2, 0) is 14.3 Å². The summed E-state index contributed by atoms with van der Waals surface area (Å²) in [6.45, 7) is 3.15. The highest BCUT2D eigenvalue weighted by atomic mass is 19.1. The lowest BCUT2D eigenvalue weighted by atomic mass is 10.3. The maximum absolute atomic E-state index is 13.3. The first-order valence-electron chi connectivity index (χ1n) is 6.09. The average molecular weight is 286 g/mol. The number of benzene rings is 1. The van der Waals surface area contributed by atoms with Crippen LogP contribution in [-0.4, -0.2) is 31.1 Å². The number of para-hydroxylation sites is 1. The van der Waals surface area contributed by atoms with Crippen molar-refractivity contribution < 1.29 is 23.1 Å². The Labute approximate surface area is 115 Å². The molecule has 1 aromatic rings. The highest BCUT2D eigenvalue weighted by Crippen LogP contribution is 2.17. The van der Waals surface area contributed by atoms with Gasteiger partial charge in [0.25, 0.3) is 0 Å². The summed E-state index contributed by atoms with van der Waals surface area (Å²) in [6.07, 6.45) is 0.